The molecule has 1 heterocycles. The largest absolute Gasteiger partial charge is 0.480 e. The fourth-order valence-corrected chi connectivity index (χ4v) is 4.04. The molecule has 0 aliphatic rings. The van der Waals surface area contributed by atoms with Crippen molar-refractivity contribution in [2.45, 2.75) is 19.6 Å². The van der Waals surface area contributed by atoms with Crippen LogP contribution in [0.2, 0.25) is 19.6 Å². The molecule has 0 aliphatic carbocycles. The predicted octanol–water partition coefficient (Wildman–Crippen LogP) is 1.09. The summed E-state index contributed by atoms with van der Waals surface area (Å²) in [7, 11) is -1.36. The van der Waals surface area contributed by atoms with E-state index in [0.717, 1.165) is 9.89 Å². The lowest BCUT2D eigenvalue weighted by Crippen LogP contribution is -2.35. The van der Waals surface area contributed by atoms with Crippen LogP contribution in [0.25, 0.3) is 0 Å². The number of carbonyl (C=O) groups excluding carboxylic acids is 1. The number of nitrogens with two attached hydrogens (primary N) is 1. The van der Waals surface area contributed by atoms with E-state index in [2.05, 4.69) is 24.7 Å². The molecule has 0 fully saturated rings. The highest BCUT2D eigenvalue weighted by atomic mass is 32.1. The molecule has 1 aromatic heterocycles. The summed E-state index contributed by atoms with van der Waals surface area (Å²) in [6.07, 6.45) is 1.46. The van der Waals surface area contributed by atoms with Crippen LogP contribution in [0.15, 0.2) is 17.2 Å². The lowest BCUT2D eigenvalue weighted by atomic mass is 10.5. The average molecular weight is 299 g/mol. The van der Waals surface area contributed by atoms with E-state index in [-0.39, 0.29) is 0 Å². The molecule has 1 rings (SSSR count). The predicted molar refractivity (Wildman–Crippen MR) is 78.8 cm³/mol. The Hall–Kier alpha value is -1.67. The van der Waals surface area contributed by atoms with Gasteiger partial charge in [-0.1, -0.05) is 25.7 Å². The van der Waals surface area contributed by atoms with Gasteiger partial charge < -0.3 is 10.8 Å². The van der Waals surface area contributed by atoms with E-state index in [4.69, 9.17) is 10.8 Å². The monoisotopic (exact) mass is 299 g/mol. The standard InChI is InChI=1S/C11H17N3O3SSi/c1-19(2,3)10-5-4-8(18-10)6-13-14(11(12)17)7-9(15)16/h4-6H,7H2,1-3H3,(H2,12,17)(H,15,16)/b13-6+. The van der Waals surface area contributed by atoms with Gasteiger partial charge in [0.1, 0.15) is 6.54 Å². The number of hydrogen-bond donors (Lipinski definition) is 2. The van der Waals surface area contributed by atoms with Crippen molar-refractivity contribution in [1.82, 2.24) is 5.01 Å². The van der Waals surface area contributed by atoms with Crippen LogP contribution in [0.3, 0.4) is 0 Å². The highest BCUT2D eigenvalue weighted by molar-refractivity contribution is 7.27. The zero-order valence-electron chi connectivity index (χ0n) is 11.1. The normalized spacial score (nSPS) is 11.7. The van der Waals surface area contributed by atoms with Crippen LogP contribution < -0.4 is 10.2 Å². The van der Waals surface area contributed by atoms with Gasteiger partial charge >= 0.3 is 12.0 Å². The SMILES string of the molecule is C[Si](C)(C)c1ccc(/C=N/N(CC(=O)O)C(N)=O)s1. The second-order valence-corrected chi connectivity index (χ2v) is 11.5. The molecule has 0 saturated heterocycles. The van der Waals surface area contributed by atoms with Crippen molar-refractivity contribution in [1.29, 1.82) is 0 Å². The summed E-state index contributed by atoms with van der Waals surface area (Å²) >= 11 is 1.60. The van der Waals surface area contributed by atoms with Gasteiger partial charge in [-0.15, -0.1) is 11.3 Å². The van der Waals surface area contributed by atoms with Gasteiger partial charge in [-0.3, -0.25) is 4.79 Å². The number of nitrogens with zero attached hydrogens (tertiary/aromatic N) is 2. The van der Waals surface area contributed by atoms with Gasteiger partial charge in [0.2, 0.25) is 0 Å². The minimum Gasteiger partial charge on any atom is -0.480 e. The minimum atomic E-state index is -1.36. The van der Waals surface area contributed by atoms with Crippen molar-refractivity contribution in [3.05, 3.63) is 17.0 Å². The topological polar surface area (TPSA) is 96.0 Å². The summed E-state index contributed by atoms with van der Waals surface area (Å²) in [6, 6.07) is 3.06. The van der Waals surface area contributed by atoms with E-state index < -0.39 is 26.6 Å². The number of urea groups is 1. The van der Waals surface area contributed by atoms with Crippen LogP contribution in [-0.2, 0) is 4.79 Å². The molecule has 0 bridgehead atoms. The van der Waals surface area contributed by atoms with Gasteiger partial charge in [0, 0.05) is 4.88 Å². The number of hydrazone groups is 1. The summed E-state index contributed by atoms with van der Waals surface area (Å²) < 4.78 is 1.32. The molecule has 104 valence electrons. The Balaban J connectivity index is 2.82. The first-order chi connectivity index (χ1) is 8.70. The summed E-state index contributed by atoms with van der Waals surface area (Å²) in [5.41, 5.74) is 5.04. The molecule has 0 aromatic carbocycles. The molecular formula is C11H17N3O3SSi. The van der Waals surface area contributed by atoms with Crippen molar-refractivity contribution in [3.63, 3.8) is 0 Å². The van der Waals surface area contributed by atoms with E-state index in [0.29, 0.717) is 0 Å². The Morgan fingerprint density at radius 3 is 2.53 bits per heavy atom. The third kappa shape index (κ3) is 4.84. The van der Waals surface area contributed by atoms with Gasteiger partial charge in [0.15, 0.2) is 0 Å². The molecule has 0 aliphatic heterocycles. The summed E-state index contributed by atoms with van der Waals surface area (Å²) in [5, 5.41) is 13.2. The first kappa shape index (κ1) is 15.4. The van der Waals surface area contributed by atoms with E-state index in [9.17, 15) is 9.59 Å². The molecule has 8 heteroatoms. The fraction of sp³-hybridized carbons (Fsp3) is 0.364. The highest BCUT2D eigenvalue weighted by Crippen LogP contribution is 2.11. The number of carboxylic acid groups (broad SMARTS) is 1. The summed E-state index contributed by atoms with van der Waals surface area (Å²) in [4.78, 5) is 22.4. The number of rotatable bonds is 5. The Morgan fingerprint density at radius 1 is 1.47 bits per heavy atom. The van der Waals surface area contributed by atoms with Crippen molar-refractivity contribution >= 4 is 42.1 Å². The fourth-order valence-electron chi connectivity index (χ4n) is 1.26. The maximum Gasteiger partial charge on any atom is 0.335 e. The lowest BCUT2D eigenvalue weighted by molar-refractivity contribution is -0.137. The number of aliphatic carboxylic acids is 1. The van der Waals surface area contributed by atoms with E-state index in [1.807, 2.05) is 12.1 Å². The molecular weight excluding hydrogens is 282 g/mol. The minimum absolute atomic E-state index is 0.544. The Bertz CT molecular complexity index is 508. The third-order valence-corrected chi connectivity index (χ3v) is 6.85. The van der Waals surface area contributed by atoms with Crippen LogP contribution in [0, 0.1) is 0 Å². The maximum atomic E-state index is 11.0. The Kier molecular flexibility index (Phi) is 4.84. The summed E-state index contributed by atoms with van der Waals surface area (Å²) in [6.45, 7) is 6.16. The highest BCUT2D eigenvalue weighted by Gasteiger charge is 2.18. The van der Waals surface area contributed by atoms with Crippen LogP contribution in [0.5, 0.6) is 0 Å². The molecule has 0 spiro atoms. The van der Waals surface area contributed by atoms with Crippen molar-refractivity contribution in [3.8, 4) is 0 Å². The van der Waals surface area contributed by atoms with Gasteiger partial charge in [0.25, 0.3) is 0 Å². The Morgan fingerprint density at radius 2 is 2.11 bits per heavy atom. The van der Waals surface area contributed by atoms with Crippen molar-refractivity contribution in [2.75, 3.05) is 6.54 Å². The van der Waals surface area contributed by atoms with Gasteiger partial charge in [-0.2, -0.15) is 5.10 Å². The third-order valence-electron chi connectivity index (χ3n) is 2.23. The molecule has 1 aromatic rings. The molecule has 0 atom stereocenters. The lowest BCUT2D eigenvalue weighted by Gasteiger charge is -2.12. The molecule has 0 unspecified atom stereocenters. The Labute approximate surface area is 116 Å². The second-order valence-electron chi connectivity index (χ2n) is 4.99. The molecule has 3 N–H and O–H groups in total. The molecule has 19 heavy (non-hydrogen) atoms. The van der Waals surface area contributed by atoms with Crippen LogP contribution >= 0.6 is 11.3 Å². The zero-order valence-corrected chi connectivity index (χ0v) is 12.9. The first-order valence-corrected chi connectivity index (χ1v) is 9.95. The molecule has 6 nitrogen and oxygen atoms in total. The van der Waals surface area contributed by atoms with Gasteiger partial charge in [-0.05, 0) is 10.6 Å². The quantitative estimate of drug-likeness (QED) is 0.484. The number of carbonyl (C=O) groups is 2. The first-order valence-electron chi connectivity index (χ1n) is 5.63. The number of hydrogen-bond acceptors (Lipinski definition) is 4. The van der Waals surface area contributed by atoms with Crippen LogP contribution in [0.1, 0.15) is 4.88 Å². The van der Waals surface area contributed by atoms with Crippen LogP contribution in [-0.4, -0.2) is 42.9 Å². The second kappa shape index (κ2) is 5.98. The van der Waals surface area contributed by atoms with Crippen molar-refractivity contribution in [2.24, 2.45) is 10.8 Å². The number of amides is 2. The number of carboxylic acids is 1. The molecule has 0 radical (unpaired) electrons. The molecule has 2 amide bonds. The summed E-state index contributed by atoms with van der Waals surface area (Å²) in [5.74, 6) is -1.16. The number of thiophene rings is 1. The molecule has 0 saturated carbocycles. The number of primary amides is 1. The van der Waals surface area contributed by atoms with Crippen LogP contribution in [0.4, 0.5) is 4.79 Å². The zero-order chi connectivity index (χ0) is 14.6. The van der Waals surface area contributed by atoms with E-state index >= 15 is 0 Å². The average Bonchev–Trinajstić information content (AvgIpc) is 2.71. The smallest absolute Gasteiger partial charge is 0.335 e. The van der Waals surface area contributed by atoms with Gasteiger partial charge in [0.05, 0.1) is 14.3 Å². The van der Waals surface area contributed by atoms with Crippen molar-refractivity contribution < 1.29 is 14.7 Å². The van der Waals surface area contributed by atoms with E-state index in [1.165, 1.54) is 10.7 Å². The van der Waals surface area contributed by atoms with Gasteiger partial charge in [-0.25, -0.2) is 9.80 Å². The van der Waals surface area contributed by atoms with E-state index in [1.54, 1.807) is 11.3 Å². The maximum absolute atomic E-state index is 11.0.